The highest BCUT2D eigenvalue weighted by atomic mass is 16.6. The topological polar surface area (TPSA) is 78.9 Å². The summed E-state index contributed by atoms with van der Waals surface area (Å²) < 4.78 is 16.7. The normalized spacial score (nSPS) is 12.4. The maximum atomic E-state index is 12.7. The van der Waals surface area contributed by atoms with Gasteiger partial charge in [0.15, 0.2) is 6.10 Å². The molecule has 6 nitrogen and oxygen atoms in total. The van der Waals surface area contributed by atoms with Gasteiger partial charge < -0.3 is 14.2 Å². The second kappa shape index (κ2) is 46.1. The molecule has 0 fully saturated rings. The van der Waals surface area contributed by atoms with Crippen LogP contribution in [-0.2, 0) is 28.6 Å². The minimum Gasteiger partial charge on any atom is -0.462 e. The van der Waals surface area contributed by atoms with Gasteiger partial charge in [-0.25, -0.2) is 0 Å². The summed E-state index contributed by atoms with van der Waals surface area (Å²) in [6.07, 6.45) is 53.8. The van der Waals surface area contributed by atoms with Crippen molar-refractivity contribution in [2.24, 2.45) is 0 Å². The number of rotatable bonds is 43. The molecule has 0 spiro atoms. The number of esters is 3. The molecule has 0 aliphatic carbocycles. The van der Waals surface area contributed by atoms with Crippen LogP contribution in [-0.4, -0.2) is 37.2 Å². The zero-order chi connectivity index (χ0) is 41.5. The fourth-order valence-corrected chi connectivity index (χ4v) is 6.71. The lowest BCUT2D eigenvalue weighted by Crippen LogP contribution is -2.30. The highest BCUT2D eigenvalue weighted by Crippen LogP contribution is 2.14. The number of allylic oxidation sites excluding steroid dienone is 8. The molecule has 0 amide bonds. The Labute approximate surface area is 352 Å². The molecule has 0 radical (unpaired) electrons. The Morgan fingerprint density at radius 3 is 1.18 bits per heavy atom. The van der Waals surface area contributed by atoms with Crippen LogP contribution in [0.15, 0.2) is 48.6 Å². The largest absolute Gasteiger partial charge is 0.462 e. The lowest BCUT2D eigenvalue weighted by Gasteiger charge is -2.18. The lowest BCUT2D eigenvalue weighted by molar-refractivity contribution is -0.167. The van der Waals surface area contributed by atoms with Crippen LogP contribution in [0.4, 0.5) is 0 Å². The summed E-state index contributed by atoms with van der Waals surface area (Å²) in [5.74, 6) is -0.927. The van der Waals surface area contributed by atoms with E-state index in [-0.39, 0.29) is 31.1 Å². The van der Waals surface area contributed by atoms with Gasteiger partial charge in [0.1, 0.15) is 13.2 Å². The molecule has 0 aromatic carbocycles. The molecule has 0 N–H and O–H groups in total. The average Bonchev–Trinajstić information content (AvgIpc) is 3.21. The minimum atomic E-state index is -0.786. The summed E-state index contributed by atoms with van der Waals surface area (Å²) in [5, 5.41) is 0. The van der Waals surface area contributed by atoms with Crippen molar-refractivity contribution in [3.05, 3.63) is 48.6 Å². The van der Waals surface area contributed by atoms with Crippen molar-refractivity contribution >= 4 is 17.9 Å². The van der Waals surface area contributed by atoms with Crippen molar-refractivity contribution in [1.29, 1.82) is 0 Å². The van der Waals surface area contributed by atoms with Gasteiger partial charge in [-0.2, -0.15) is 0 Å². The van der Waals surface area contributed by atoms with Crippen molar-refractivity contribution < 1.29 is 28.6 Å². The Morgan fingerprint density at radius 1 is 0.386 bits per heavy atom. The predicted molar refractivity (Wildman–Crippen MR) is 242 cm³/mol. The van der Waals surface area contributed by atoms with Crippen LogP contribution in [0.3, 0.4) is 0 Å². The van der Waals surface area contributed by atoms with E-state index >= 15 is 0 Å². The Kier molecular flexibility index (Phi) is 43.9. The summed E-state index contributed by atoms with van der Waals surface area (Å²) in [6, 6.07) is 0. The van der Waals surface area contributed by atoms with Gasteiger partial charge in [0, 0.05) is 19.3 Å². The van der Waals surface area contributed by atoms with E-state index < -0.39 is 6.10 Å². The van der Waals surface area contributed by atoms with E-state index in [2.05, 4.69) is 69.4 Å². The summed E-state index contributed by atoms with van der Waals surface area (Å²) in [6.45, 7) is 6.48. The third-order valence-corrected chi connectivity index (χ3v) is 10.3. The van der Waals surface area contributed by atoms with Gasteiger partial charge >= 0.3 is 17.9 Å². The smallest absolute Gasteiger partial charge is 0.306 e. The van der Waals surface area contributed by atoms with Crippen molar-refractivity contribution in [2.75, 3.05) is 13.2 Å². The predicted octanol–water partition coefficient (Wildman–Crippen LogP) is 15.5. The summed E-state index contributed by atoms with van der Waals surface area (Å²) in [5.41, 5.74) is 0. The molecule has 0 aliphatic rings. The quantitative estimate of drug-likeness (QED) is 0.0201. The van der Waals surface area contributed by atoms with Crippen molar-refractivity contribution in [2.45, 2.75) is 245 Å². The summed E-state index contributed by atoms with van der Waals surface area (Å²) in [4.78, 5) is 37.8. The van der Waals surface area contributed by atoms with Gasteiger partial charge in [-0.05, 0) is 70.6 Å². The number of unbranched alkanes of at least 4 members (excludes halogenated alkanes) is 25. The monoisotopic (exact) mass is 799 g/mol. The van der Waals surface area contributed by atoms with Crippen LogP contribution in [0, 0.1) is 0 Å². The first-order chi connectivity index (χ1) is 28.0. The molecule has 0 bridgehead atoms. The van der Waals surface area contributed by atoms with Crippen LogP contribution in [0.1, 0.15) is 239 Å². The van der Waals surface area contributed by atoms with Crippen molar-refractivity contribution in [1.82, 2.24) is 0 Å². The van der Waals surface area contributed by atoms with Gasteiger partial charge in [-0.3, -0.25) is 14.4 Å². The molecule has 330 valence electrons. The summed E-state index contributed by atoms with van der Waals surface area (Å²) in [7, 11) is 0. The fraction of sp³-hybridized carbons (Fsp3) is 0.784. The van der Waals surface area contributed by atoms with E-state index in [1.807, 2.05) is 0 Å². The van der Waals surface area contributed by atoms with E-state index in [0.29, 0.717) is 19.3 Å². The average molecular weight is 799 g/mol. The Hall–Kier alpha value is -2.63. The van der Waals surface area contributed by atoms with E-state index in [0.717, 1.165) is 103 Å². The maximum Gasteiger partial charge on any atom is 0.306 e. The molecule has 57 heavy (non-hydrogen) atoms. The molecule has 0 aliphatic heterocycles. The SMILES string of the molecule is CC/C=C\C/C=C\CCCCCCCC(=O)OC(COC(=O)CCCCC/C=C\C=C/CCCCCCCCC)COC(=O)CCCCCCCCCCCCC. The van der Waals surface area contributed by atoms with Gasteiger partial charge in [-0.1, -0.05) is 198 Å². The number of hydrogen-bond donors (Lipinski definition) is 0. The molecule has 0 rings (SSSR count). The third-order valence-electron chi connectivity index (χ3n) is 10.3. The van der Waals surface area contributed by atoms with Crippen LogP contribution < -0.4 is 0 Å². The standard InChI is InChI=1S/C51H90O6/c1-4-7-10-13-16-19-22-24-25-26-27-30-32-35-38-41-44-50(53)56-47-48(46-55-49(52)43-40-37-34-31-28-21-18-15-12-9-6-3)57-51(54)45-42-39-36-33-29-23-20-17-14-11-8-5-2/h8,11,17,20,25-27,30,48H,4-7,9-10,12-16,18-19,21-24,28-29,31-47H2,1-3H3/b11-8-,20-17-,26-25-,30-27-. The van der Waals surface area contributed by atoms with Gasteiger partial charge in [-0.15, -0.1) is 0 Å². The molecule has 1 atom stereocenters. The Bertz CT molecular complexity index is 1010. The number of carbonyl (C=O) groups is 3. The van der Waals surface area contributed by atoms with E-state index in [1.54, 1.807) is 0 Å². The third kappa shape index (κ3) is 44.3. The molecule has 0 aromatic rings. The molecular formula is C51H90O6. The highest BCUT2D eigenvalue weighted by molar-refractivity contribution is 5.71. The first-order valence-electron chi connectivity index (χ1n) is 24.2. The van der Waals surface area contributed by atoms with Crippen LogP contribution >= 0.6 is 0 Å². The zero-order valence-electron chi connectivity index (χ0n) is 37.6. The molecule has 0 saturated heterocycles. The summed E-state index contributed by atoms with van der Waals surface area (Å²) >= 11 is 0. The first-order valence-corrected chi connectivity index (χ1v) is 24.2. The van der Waals surface area contributed by atoms with Crippen LogP contribution in [0.2, 0.25) is 0 Å². The highest BCUT2D eigenvalue weighted by Gasteiger charge is 2.19. The second-order valence-electron chi connectivity index (χ2n) is 16.0. The number of hydrogen-bond acceptors (Lipinski definition) is 6. The van der Waals surface area contributed by atoms with Crippen LogP contribution in [0.5, 0.6) is 0 Å². The van der Waals surface area contributed by atoms with E-state index in [1.165, 1.54) is 96.3 Å². The molecule has 0 aromatic heterocycles. The molecular weight excluding hydrogens is 709 g/mol. The Balaban J connectivity index is 4.41. The minimum absolute atomic E-state index is 0.0858. The van der Waals surface area contributed by atoms with Crippen molar-refractivity contribution in [3.63, 3.8) is 0 Å². The zero-order valence-corrected chi connectivity index (χ0v) is 37.6. The lowest BCUT2D eigenvalue weighted by atomic mass is 10.1. The fourth-order valence-electron chi connectivity index (χ4n) is 6.71. The molecule has 0 heterocycles. The molecule has 1 unspecified atom stereocenters. The first kappa shape index (κ1) is 54.4. The van der Waals surface area contributed by atoms with Gasteiger partial charge in [0.2, 0.25) is 0 Å². The second-order valence-corrected chi connectivity index (χ2v) is 16.0. The maximum absolute atomic E-state index is 12.7. The van der Waals surface area contributed by atoms with E-state index in [9.17, 15) is 14.4 Å². The van der Waals surface area contributed by atoms with Crippen LogP contribution in [0.25, 0.3) is 0 Å². The van der Waals surface area contributed by atoms with Crippen molar-refractivity contribution in [3.8, 4) is 0 Å². The Morgan fingerprint density at radius 2 is 0.737 bits per heavy atom. The number of carbonyl (C=O) groups excluding carboxylic acids is 3. The molecule has 6 heteroatoms. The molecule has 0 saturated carbocycles. The number of ether oxygens (including phenoxy) is 3. The van der Waals surface area contributed by atoms with E-state index in [4.69, 9.17) is 14.2 Å². The van der Waals surface area contributed by atoms with Gasteiger partial charge in [0.25, 0.3) is 0 Å². The van der Waals surface area contributed by atoms with Gasteiger partial charge in [0.05, 0.1) is 0 Å².